The highest BCUT2D eigenvalue weighted by atomic mass is 16.6. The van der Waals surface area contributed by atoms with Crippen molar-refractivity contribution >= 4 is 5.91 Å². The Kier molecular flexibility index (Phi) is 9.52. The van der Waals surface area contributed by atoms with Crippen molar-refractivity contribution in [3.8, 4) is 0 Å². The molecule has 0 aromatic rings. The van der Waals surface area contributed by atoms with E-state index in [4.69, 9.17) is 9.84 Å². The zero-order valence-corrected chi connectivity index (χ0v) is 9.79. The molecule has 0 fully saturated rings. The zero-order valence-electron chi connectivity index (χ0n) is 9.79. The number of aliphatic hydroxyl groups is 1. The third-order valence-corrected chi connectivity index (χ3v) is 2.36. The molecule has 0 radical (unpaired) electrons. The lowest BCUT2D eigenvalue weighted by atomic mass is 10.1. The number of amides is 1. The molecule has 4 nitrogen and oxygen atoms in total. The quantitative estimate of drug-likeness (QED) is 0.452. The molecule has 15 heavy (non-hydrogen) atoms. The monoisotopic (exact) mass is 217 g/mol. The maximum Gasteiger partial charge on any atom is 0.220 e. The molecule has 1 atom stereocenters. The highest BCUT2D eigenvalue weighted by Gasteiger charge is 2.05. The number of aliphatic hydroxyl groups excluding tert-OH is 1. The van der Waals surface area contributed by atoms with E-state index in [1.165, 1.54) is 0 Å². The molecule has 1 unspecified atom stereocenters. The first-order valence-corrected chi connectivity index (χ1v) is 5.66. The van der Waals surface area contributed by atoms with E-state index >= 15 is 0 Å². The van der Waals surface area contributed by atoms with Gasteiger partial charge in [0.2, 0.25) is 5.91 Å². The number of rotatable bonds is 9. The van der Waals surface area contributed by atoms with E-state index in [2.05, 4.69) is 19.2 Å². The van der Waals surface area contributed by atoms with Gasteiger partial charge in [0.05, 0.1) is 0 Å². The molecule has 0 heterocycles. The number of unbranched alkanes of at least 4 members (excludes halogenated alkanes) is 1. The van der Waals surface area contributed by atoms with Gasteiger partial charge in [0.1, 0.15) is 6.79 Å². The van der Waals surface area contributed by atoms with Crippen molar-refractivity contribution in [1.29, 1.82) is 0 Å². The number of hydrogen-bond acceptors (Lipinski definition) is 3. The third kappa shape index (κ3) is 9.69. The van der Waals surface area contributed by atoms with E-state index in [1.807, 2.05) is 0 Å². The minimum atomic E-state index is -0.222. The summed E-state index contributed by atoms with van der Waals surface area (Å²) in [7, 11) is 0. The number of ether oxygens (including phenoxy) is 1. The van der Waals surface area contributed by atoms with Crippen LogP contribution >= 0.6 is 0 Å². The summed E-state index contributed by atoms with van der Waals surface area (Å²) in [6.07, 6.45) is 3.41. The first-order chi connectivity index (χ1) is 7.20. The molecule has 0 aliphatic carbocycles. The van der Waals surface area contributed by atoms with Gasteiger partial charge in [-0.2, -0.15) is 0 Å². The fourth-order valence-corrected chi connectivity index (χ4v) is 1.15. The molecule has 0 saturated heterocycles. The van der Waals surface area contributed by atoms with Crippen LogP contribution in [0.3, 0.4) is 0 Å². The van der Waals surface area contributed by atoms with Crippen LogP contribution in [-0.2, 0) is 9.53 Å². The Morgan fingerprint density at radius 1 is 1.47 bits per heavy atom. The van der Waals surface area contributed by atoms with Crippen molar-refractivity contribution < 1.29 is 14.6 Å². The Balaban J connectivity index is 3.24. The molecule has 1 amide bonds. The molecular formula is C11H23NO3. The summed E-state index contributed by atoms with van der Waals surface area (Å²) < 4.78 is 4.77. The van der Waals surface area contributed by atoms with E-state index < -0.39 is 0 Å². The topological polar surface area (TPSA) is 58.6 Å². The molecule has 0 spiro atoms. The zero-order chi connectivity index (χ0) is 11.5. The van der Waals surface area contributed by atoms with E-state index in [0.717, 1.165) is 19.3 Å². The second-order valence-corrected chi connectivity index (χ2v) is 3.81. The summed E-state index contributed by atoms with van der Waals surface area (Å²) in [5.41, 5.74) is 0. The van der Waals surface area contributed by atoms with Crippen LogP contribution in [0.5, 0.6) is 0 Å². The SMILES string of the molecule is CCC(C)CC(=O)NCCCCOCO. The number of carbonyl (C=O) groups is 1. The predicted molar refractivity (Wildman–Crippen MR) is 59.4 cm³/mol. The van der Waals surface area contributed by atoms with Crippen molar-refractivity contribution in [2.24, 2.45) is 5.92 Å². The van der Waals surface area contributed by atoms with Crippen molar-refractivity contribution in [3.05, 3.63) is 0 Å². The first-order valence-electron chi connectivity index (χ1n) is 5.66. The highest BCUT2D eigenvalue weighted by Crippen LogP contribution is 2.05. The third-order valence-electron chi connectivity index (χ3n) is 2.36. The Morgan fingerprint density at radius 2 is 2.20 bits per heavy atom. The summed E-state index contributed by atoms with van der Waals surface area (Å²) in [4.78, 5) is 11.3. The summed E-state index contributed by atoms with van der Waals surface area (Å²) >= 11 is 0. The molecule has 0 aromatic heterocycles. The Bertz CT molecular complexity index is 162. The van der Waals surface area contributed by atoms with Gasteiger partial charge in [0.25, 0.3) is 0 Å². The van der Waals surface area contributed by atoms with E-state index in [0.29, 0.717) is 25.5 Å². The molecule has 90 valence electrons. The Hall–Kier alpha value is -0.610. The summed E-state index contributed by atoms with van der Waals surface area (Å²) in [6.45, 7) is 5.20. The van der Waals surface area contributed by atoms with Gasteiger partial charge in [0, 0.05) is 19.6 Å². The maximum atomic E-state index is 11.3. The molecule has 2 N–H and O–H groups in total. The van der Waals surface area contributed by atoms with Crippen LogP contribution in [0.4, 0.5) is 0 Å². The predicted octanol–water partition coefficient (Wildman–Crippen LogP) is 1.29. The van der Waals surface area contributed by atoms with Gasteiger partial charge in [0.15, 0.2) is 0 Å². The minimum Gasteiger partial charge on any atom is -0.371 e. The fourth-order valence-electron chi connectivity index (χ4n) is 1.15. The minimum absolute atomic E-state index is 0.132. The molecule has 0 aliphatic heterocycles. The van der Waals surface area contributed by atoms with Gasteiger partial charge in [-0.25, -0.2) is 0 Å². The van der Waals surface area contributed by atoms with Crippen LogP contribution in [0.1, 0.15) is 39.5 Å². The smallest absolute Gasteiger partial charge is 0.220 e. The van der Waals surface area contributed by atoms with Crippen molar-refractivity contribution in [1.82, 2.24) is 5.32 Å². The normalized spacial score (nSPS) is 12.5. The first kappa shape index (κ1) is 14.4. The van der Waals surface area contributed by atoms with Crippen LogP contribution in [0.25, 0.3) is 0 Å². The number of hydrogen-bond donors (Lipinski definition) is 2. The average Bonchev–Trinajstić information content (AvgIpc) is 2.23. The molecular weight excluding hydrogens is 194 g/mol. The van der Waals surface area contributed by atoms with Crippen molar-refractivity contribution in [3.63, 3.8) is 0 Å². The maximum absolute atomic E-state index is 11.3. The summed E-state index contributed by atoms with van der Waals surface area (Å²) in [5, 5.41) is 11.2. The van der Waals surface area contributed by atoms with Gasteiger partial charge >= 0.3 is 0 Å². The molecule has 4 heteroatoms. The van der Waals surface area contributed by atoms with Crippen LogP contribution < -0.4 is 5.32 Å². The van der Waals surface area contributed by atoms with Crippen molar-refractivity contribution in [2.75, 3.05) is 19.9 Å². The Morgan fingerprint density at radius 3 is 2.80 bits per heavy atom. The van der Waals surface area contributed by atoms with Gasteiger partial charge in [-0.1, -0.05) is 20.3 Å². The Labute approximate surface area is 92.0 Å². The molecule has 0 bridgehead atoms. The molecule has 0 aromatic carbocycles. The van der Waals surface area contributed by atoms with Gasteiger partial charge in [-0.3, -0.25) is 4.79 Å². The number of nitrogens with one attached hydrogen (secondary N) is 1. The lowest BCUT2D eigenvalue weighted by Gasteiger charge is -2.08. The lowest BCUT2D eigenvalue weighted by Crippen LogP contribution is -2.26. The largest absolute Gasteiger partial charge is 0.371 e. The molecule has 0 rings (SSSR count). The van der Waals surface area contributed by atoms with E-state index in [-0.39, 0.29) is 12.7 Å². The van der Waals surface area contributed by atoms with Crippen LogP contribution in [0.15, 0.2) is 0 Å². The van der Waals surface area contributed by atoms with Gasteiger partial charge in [-0.05, 0) is 18.8 Å². The fraction of sp³-hybridized carbons (Fsp3) is 0.909. The van der Waals surface area contributed by atoms with E-state index in [1.54, 1.807) is 0 Å². The van der Waals surface area contributed by atoms with E-state index in [9.17, 15) is 4.79 Å². The molecule has 0 aliphatic rings. The van der Waals surface area contributed by atoms with Crippen molar-refractivity contribution in [2.45, 2.75) is 39.5 Å². The lowest BCUT2D eigenvalue weighted by molar-refractivity contribution is -0.121. The van der Waals surface area contributed by atoms with Gasteiger partial charge < -0.3 is 15.2 Å². The van der Waals surface area contributed by atoms with Gasteiger partial charge in [-0.15, -0.1) is 0 Å². The molecule has 0 saturated carbocycles. The van der Waals surface area contributed by atoms with Crippen LogP contribution in [-0.4, -0.2) is 31.0 Å². The second kappa shape index (κ2) is 9.93. The standard InChI is InChI=1S/C11H23NO3/c1-3-10(2)8-11(14)12-6-4-5-7-15-9-13/h10,13H,3-9H2,1-2H3,(H,12,14). The summed E-state index contributed by atoms with van der Waals surface area (Å²) in [5.74, 6) is 0.593. The number of carbonyl (C=O) groups excluding carboxylic acids is 1. The summed E-state index contributed by atoms with van der Waals surface area (Å²) in [6, 6.07) is 0. The highest BCUT2D eigenvalue weighted by molar-refractivity contribution is 5.76. The average molecular weight is 217 g/mol. The van der Waals surface area contributed by atoms with Crippen LogP contribution in [0, 0.1) is 5.92 Å². The second-order valence-electron chi connectivity index (χ2n) is 3.81. The van der Waals surface area contributed by atoms with Crippen LogP contribution in [0.2, 0.25) is 0 Å².